The third-order valence-electron chi connectivity index (χ3n) is 1.66. The summed E-state index contributed by atoms with van der Waals surface area (Å²) in [5.41, 5.74) is 2.47. The molecule has 0 unspecified atom stereocenters. The van der Waals surface area contributed by atoms with Gasteiger partial charge in [0.2, 0.25) is 0 Å². The van der Waals surface area contributed by atoms with Crippen molar-refractivity contribution in [3.8, 4) is 11.3 Å². The van der Waals surface area contributed by atoms with E-state index < -0.39 is 0 Å². The molecule has 74 valence electrons. The van der Waals surface area contributed by atoms with E-state index in [1.807, 2.05) is 6.20 Å². The maximum Gasteiger partial charge on any atom is -1.00 e. The second-order valence-corrected chi connectivity index (χ2v) is 4.49. The molecule has 0 aromatic rings. The maximum absolute atomic E-state index is 3.56. The fourth-order valence-corrected chi connectivity index (χ4v) is 2.06. The SMILES string of the molecule is Brc1[c]([Zr+3])c[nH]c2cccc1-2.[Cl-].[Cl-].[Cl-]. The fourth-order valence-electron chi connectivity index (χ4n) is 1.10. The number of fused-ring (bicyclic) bond motifs is 1. The van der Waals surface area contributed by atoms with E-state index in [2.05, 4.69) is 39.1 Å². The van der Waals surface area contributed by atoms with Gasteiger partial charge in [0.1, 0.15) is 0 Å². The summed E-state index contributed by atoms with van der Waals surface area (Å²) in [5, 5.41) is 0. The molecule has 6 heteroatoms. The van der Waals surface area contributed by atoms with Crippen LogP contribution in [-0.4, -0.2) is 4.98 Å². The van der Waals surface area contributed by atoms with Crippen LogP contribution in [0.1, 0.15) is 0 Å². The molecule has 1 aliphatic carbocycles. The summed E-state index contributed by atoms with van der Waals surface area (Å²) < 4.78 is 2.56. The Labute approximate surface area is 125 Å². The zero-order chi connectivity index (χ0) is 7.84. The van der Waals surface area contributed by atoms with Crippen molar-refractivity contribution in [1.29, 1.82) is 0 Å². The Balaban J connectivity index is 0. The van der Waals surface area contributed by atoms with Gasteiger partial charge in [0, 0.05) is 0 Å². The van der Waals surface area contributed by atoms with Crippen molar-refractivity contribution < 1.29 is 61.9 Å². The van der Waals surface area contributed by atoms with Crippen molar-refractivity contribution in [1.82, 2.24) is 4.98 Å². The average Bonchev–Trinajstić information content (AvgIpc) is 2.45. The fraction of sp³-hybridized carbons (Fsp3) is 0. The first-order valence-electron chi connectivity index (χ1n) is 3.26. The Morgan fingerprint density at radius 2 is 1.79 bits per heavy atom. The van der Waals surface area contributed by atoms with E-state index >= 15 is 0 Å². The summed E-state index contributed by atoms with van der Waals surface area (Å²) in [6, 6.07) is 6.25. The van der Waals surface area contributed by atoms with Crippen molar-refractivity contribution in [2.45, 2.75) is 0 Å². The zero-order valence-corrected chi connectivity index (χ0v) is 13.1. The van der Waals surface area contributed by atoms with Gasteiger partial charge in [-0.1, -0.05) is 0 Å². The molecule has 0 saturated carbocycles. The summed E-state index contributed by atoms with van der Waals surface area (Å²) in [6.07, 6.45) is 2.05. The van der Waals surface area contributed by atoms with Crippen molar-refractivity contribution >= 4 is 19.2 Å². The Bertz CT molecular complexity index is 366. The van der Waals surface area contributed by atoms with E-state index in [1.54, 1.807) is 0 Å². The summed E-state index contributed by atoms with van der Waals surface area (Å²) in [7, 11) is 0. The second-order valence-electron chi connectivity index (χ2n) is 2.37. The van der Waals surface area contributed by atoms with Gasteiger partial charge in [-0.3, -0.25) is 0 Å². The number of hydrogen-bond acceptors (Lipinski definition) is 0. The third-order valence-corrected chi connectivity index (χ3v) is 4.38. The molecule has 0 atom stereocenters. The van der Waals surface area contributed by atoms with Gasteiger partial charge in [-0.2, -0.15) is 0 Å². The summed E-state index contributed by atoms with van der Waals surface area (Å²) in [6.45, 7) is 0. The number of rotatable bonds is 0. The van der Waals surface area contributed by atoms with Gasteiger partial charge in [-0.15, -0.1) is 0 Å². The number of aromatic amines is 1. The van der Waals surface area contributed by atoms with Gasteiger partial charge < -0.3 is 37.2 Å². The van der Waals surface area contributed by atoms with E-state index in [0.717, 1.165) is 0 Å². The summed E-state index contributed by atoms with van der Waals surface area (Å²) in [4.78, 5) is 3.23. The Kier molecular flexibility index (Phi) is 9.06. The Hall–Kier alpha value is 0.993. The van der Waals surface area contributed by atoms with Crippen LogP contribution in [0.25, 0.3) is 11.3 Å². The molecule has 0 saturated heterocycles. The van der Waals surface area contributed by atoms with E-state index in [-0.39, 0.29) is 37.2 Å². The normalized spacial score (nSPS) is 8.50. The van der Waals surface area contributed by atoms with E-state index in [1.165, 1.54) is 43.7 Å². The standard InChI is InChI=1S/C8H5BrN.3ClH.Zr/c9-7-4-5-10-8-3-1-2-6(7)8;;;;/h1-3,5,10H;3*1H;/q;;;;+3/p-3. The summed E-state index contributed by atoms with van der Waals surface area (Å²) >= 11 is 4.99. The molecular formula is C8H5BrCl3NZr. The average molecular weight is 393 g/mol. The largest absolute Gasteiger partial charge is 1.00 e. The van der Waals surface area contributed by atoms with Gasteiger partial charge in [0.15, 0.2) is 0 Å². The number of aromatic nitrogens is 1. The number of halogens is 4. The van der Waals surface area contributed by atoms with Crippen LogP contribution in [0.5, 0.6) is 0 Å². The molecule has 14 heavy (non-hydrogen) atoms. The van der Waals surface area contributed by atoms with Gasteiger partial charge in [0.25, 0.3) is 0 Å². The van der Waals surface area contributed by atoms with Crippen LogP contribution in [0.2, 0.25) is 0 Å². The van der Waals surface area contributed by atoms with Crippen LogP contribution >= 0.6 is 15.9 Å². The van der Waals surface area contributed by atoms with E-state index in [4.69, 9.17) is 0 Å². The number of pyridine rings is 1. The Morgan fingerprint density at radius 3 is 2.43 bits per heavy atom. The van der Waals surface area contributed by atoms with Crippen molar-refractivity contribution in [3.05, 3.63) is 28.9 Å². The topological polar surface area (TPSA) is 15.8 Å². The molecule has 2 rings (SSSR count). The number of H-pyrrole nitrogens is 1. The van der Waals surface area contributed by atoms with E-state index in [0.29, 0.717) is 0 Å². The molecule has 2 aliphatic rings. The Morgan fingerprint density at radius 1 is 1.14 bits per heavy atom. The monoisotopic (exact) mass is 389 g/mol. The van der Waals surface area contributed by atoms with Gasteiger partial charge in [-0.05, 0) is 0 Å². The third kappa shape index (κ3) is 3.25. The molecule has 1 N–H and O–H groups in total. The minimum absolute atomic E-state index is 0. The quantitative estimate of drug-likeness (QED) is 0.459. The molecule has 1 aliphatic heterocycles. The van der Waals surface area contributed by atoms with E-state index in [9.17, 15) is 0 Å². The van der Waals surface area contributed by atoms with Crippen molar-refractivity contribution in [2.75, 3.05) is 0 Å². The van der Waals surface area contributed by atoms with Crippen LogP contribution in [0.4, 0.5) is 0 Å². The summed E-state index contributed by atoms with van der Waals surface area (Å²) in [5.74, 6) is 0. The van der Waals surface area contributed by atoms with Crippen molar-refractivity contribution in [3.63, 3.8) is 0 Å². The van der Waals surface area contributed by atoms with Crippen LogP contribution in [0.15, 0.2) is 28.9 Å². The molecule has 0 radical (unpaired) electrons. The molecule has 1 nitrogen and oxygen atoms in total. The predicted octanol–water partition coefficient (Wildman–Crippen LogP) is -6.93. The molecule has 0 fully saturated rings. The van der Waals surface area contributed by atoms with Crippen molar-refractivity contribution in [2.24, 2.45) is 0 Å². The molecular weight excluding hydrogens is 388 g/mol. The molecule has 0 aromatic carbocycles. The second kappa shape index (κ2) is 7.30. The zero-order valence-electron chi connectivity index (χ0n) is 6.82. The first-order chi connectivity index (χ1) is 5.29. The van der Waals surface area contributed by atoms with Crippen LogP contribution in [0, 0.1) is 0 Å². The minimum atomic E-state index is 0. The van der Waals surface area contributed by atoms with Crippen LogP contribution in [-0.2, 0) is 24.7 Å². The molecule has 0 bridgehead atoms. The van der Waals surface area contributed by atoms with Crippen LogP contribution < -0.4 is 40.5 Å². The number of hydrogen-bond donors (Lipinski definition) is 1. The molecule has 0 spiro atoms. The molecule has 1 heterocycles. The first-order valence-corrected chi connectivity index (χ1v) is 5.28. The molecule has 0 amide bonds. The van der Waals surface area contributed by atoms with Gasteiger partial charge >= 0.3 is 89.0 Å². The molecule has 0 aromatic heterocycles. The predicted molar refractivity (Wildman–Crippen MR) is 44.7 cm³/mol. The number of nitrogens with one attached hydrogen (secondary N) is 1. The first kappa shape index (κ1) is 17.4. The maximum atomic E-state index is 3.56. The van der Waals surface area contributed by atoms with Gasteiger partial charge in [-0.25, -0.2) is 0 Å². The van der Waals surface area contributed by atoms with Crippen LogP contribution in [0.3, 0.4) is 0 Å². The smallest absolute Gasteiger partial charge is 1.00 e. The van der Waals surface area contributed by atoms with Gasteiger partial charge in [0.05, 0.1) is 0 Å². The minimum Gasteiger partial charge on any atom is -1.00 e.